The van der Waals surface area contributed by atoms with Gasteiger partial charge in [0.05, 0.1) is 0 Å². The second-order valence-electron chi connectivity index (χ2n) is 3.78. The van der Waals surface area contributed by atoms with Crippen LogP contribution in [-0.4, -0.2) is 13.2 Å². The van der Waals surface area contributed by atoms with Crippen LogP contribution in [0.2, 0.25) is 0 Å². The van der Waals surface area contributed by atoms with Crippen LogP contribution in [-0.2, 0) is 10.3 Å². The Kier molecular flexibility index (Phi) is 2.91. The molecule has 1 saturated heterocycles. The van der Waals surface area contributed by atoms with E-state index in [9.17, 15) is 0 Å². The van der Waals surface area contributed by atoms with E-state index >= 15 is 0 Å². The van der Waals surface area contributed by atoms with Crippen molar-refractivity contribution in [2.75, 3.05) is 13.2 Å². The molecule has 2 N–H and O–H groups in total. The van der Waals surface area contributed by atoms with Crippen molar-refractivity contribution in [1.29, 1.82) is 0 Å². The van der Waals surface area contributed by atoms with Gasteiger partial charge in [-0.3, -0.25) is 0 Å². The molecule has 1 aromatic carbocycles. The molecule has 76 valence electrons. The molecule has 2 rings (SSSR count). The van der Waals surface area contributed by atoms with Crippen LogP contribution in [0.25, 0.3) is 0 Å². The van der Waals surface area contributed by atoms with Crippen LogP contribution in [0.5, 0.6) is 0 Å². The molecule has 0 atom stereocenters. The number of hydrogen-bond donors (Lipinski definition) is 1. The summed E-state index contributed by atoms with van der Waals surface area (Å²) in [5, 5.41) is 0. The molecule has 0 unspecified atom stereocenters. The third kappa shape index (κ3) is 2.00. The van der Waals surface area contributed by atoms with Crippen molar-refractivity contribution >= 4 is 15.9 Å². The first kappa shape index (κ1) is 10.1. The Labute approximate surface area is 92.6 Å². The van der Waals surface area contributed by atoms with Crippen LogP contribution < -0.4 is 5.73 Å². The van der Waals surface area contributed by atoms with Crippen LogP contribution in [0, 0.1) is 0 Å². The van der Waals surface area contributed by atoms with Gasteiger partial charge in [-0.2, -0.15) is 0 Å². The van der Waals surface area contributed by atoms with Crippen LogP contribution in [0.15, 0.2) is 28.7 Å². The summed E-state index contributed by atoms with van der Waals surface area (Å²) in [7, 11) is 0. The fourth-order valence-electron chi connectivity index (χ4n) is 1.81. The monoisotopic (exact) mass is 255 g/mol. The van der Waals surface area contributed by atoms with Gasteiger partial charge < -0.3 is 10.5 Å². The minimum absolute atomic E-state index is 0.182. The number of nitrogens with two attached hydrogens (primary N) is 1. The Bertz CT molecular complexity index is 304. The third-order valence-electron chi connectivity index (χ3n) is 2.80. The minimum Gasteiger partial charge on any atom is -0.381 e. The van der Waals surface area contributed by atoms with Gasteiger partial charge in [-0.25, -0.2) is 0 Å². The van der Waals surface area contributed by atoms with E-state index in [2.05, 4.69) is 28.1 Å². The Morgan fingerprint density at radius 3 is 2.29 bits per heavy atom. The average molecular weight is 256 g/mol. The first-order valence-electron chi connectivity index (χ1n) is 4.83. The van der Waals surface area contributed by atoms with Gasteiger partial charge in [-0.1, -0.05) is 28.1 Å². The van der Waals surface area contributed by atoms with Crippen molar-refractivity contribution in [2.45, 2.75) is 18.4 Å². The van der Waals surface area contributed by atoms with Gasteiger partial charge in [0.15, 0.2) is 0 Å². The molecule has 14 heavy (non-hydrogen) atoms. The lowest BCUT2D eigenvalue weighted by molar-refractivity contribution is 0.0522. The number of hydrogen-bond acceptors (Lipinski definition) is 2. The van der Waals surface area contributed by atoms with E-state index in [0.717, 1.165) is 30.5 Å². The summed E-state index contributed by atoms with van der Waals surface area (Å²) in [6.45, 7) is 1.54. The molecule has 0 aliphatic carbocycles. The van der Waals surface area contributed by atoms with Crippen molar-refractivity contribution in [2.24, 2.45) is 5.73 Å². The molecular formula is C11H14BrNO. The van der Waals surface area contributed by atoms with E-state index in [1.165, 1.54) is 5.56 Å². The van der Waals surface area contributed by atoms with Crippen LogP contribution >= 0.6 is 15.9 Å². The van der Waals surface area contributed by atoms with E-state index in [1.54, 1.807) is 0 Å². The Hall–Kier alpha value is -0.380. The number of benzene rings is 1. The molecule has 0 radical (unpaired) electrons. The molecule has 0 aromatic heterocycles. The van der Waals surface area contributed by atoms with Crippen molar-refractivity contribution in [1.82, 2.24) is 0 Å². The molecule has 1 fully saturated rings. The topological polar surface area (TPSA) is 35.2 Å². The van der Waals surface area contributed by atoms with E-state index in [1.807, 2.05) is 12.1 Å². The molecule has 1 heterocycles. The lowest BCUT2D eigenvalue weighted by atomic mass is 9.84. The summed E-state index contributed by atoms with van der Waals surface area (Å²) in [4.78, 5) is 0. The summed E-state index contributed by atoms with van der Waals surface area (Å²) >= 11 is 3.42. The predicted molar refractivity (Wildman–Crippen MR) is 60.1 cm³/mol. The fraction of sp³-hybridized carbons (Fsp3) is 0.455. The van der Waals surface area contributed by atoms with E-state index in [4.69, 9.17) is 10.5 Å². The molecule has 0 spiro atoms. The van der Waals surface area contributed by atoms with Crippen molar-refractivity contribution < 1.29 is 4.74 Å². The van der Waals surface area contributed by atoms with Crippen LogP contribution in [0.1, 0.15) is 18.4 Å². The second-order valence-corrected chi connectivity index (χ2v) is 4.69. The highest BCUT2D eigenvalue weighted by Crippen LogP contribution is 2.29. The zero-order valence-corrected chi connectivity index (χ0v) is 9.59. The molecule has 2 nitrogen and oxygen atoms in total. The van der Waals surface area contributed by atoms with Crippen LogP contribution in [0.4, 0.5) is 0 Å². The smallest absolute Gasteiger partial charge is 0.0486 e. The van der Waals surface area contributed by atoms with E-state index < -0.39 is 0 Å². The zero-order chi connectivity index (χ0) is 10.0. The maximum atomic E-state index is 6.34. The Morgan fingerprint density at radius 1 is 1.14 bits per heavy atom. The molecule has 1 aromatic rings. The molecule has 0 amide bonds. The first-order valence-corrected chi connectivity index (χ1v) is 5.63. The average Bonchev–Trinajstić information content (AvgIpc) is 2.19. The summed E-state index contributed by atoms with van der Waals surface area (Å²) < 4.78 is 6.42. The van der Waals surface area contributed by atoms with Gasteiger partial charge in [0.1, 0.15) is 0 Å². The van der Waals surface area contributed by atoms with Crippen molar-refractivity contribution in [3.63, 3.8) is 0 Å². The molecule has 0 bridgehead atoms. The van der Waals surface area contributed by atoms with Gasteiger partial charge in [0.2, 0.25) is 0 Å². The Balaban J connectivity index is 2.23. The van der Waals surface area contributed by atoms with Crippen molar-refractivity contribution in [3.05, 3.63) is 34.3 Å². The second kappa shape index (κ2) is 4.01. The maximum absolute atomic E-state index is 6.34. The van der Waals surface area contributed by atoms with Crippen molar-refractivity contribution in [3.8, 4) is 0 Å². The van der Waals surface area contributed by atoms with Gasteiger partial charge in [-0.05, 0) is 30.5 Å². The largest absolute Gasteiger partial charge is 0.381 e. The lowest BCUT2D eigenvalue weighted by Crippen LogP contribution is -2.42. The summed E-state index contributed by atoms with van der Waals surface area (Å²) in [6.07, 6.45) is 1.82. The summed E-state index contributed by atoms with van der Waals surface area (Å²) in [5.41, 5.74) is 7.37. The maximum Gasteiger partial charge on any atom is 0.0486 e. The van der Waals surface area contributed by atoms with Gasteiger partial charge in [-0.15, -0.1) is 0 Å². The highest BCUT2D eigenvalue weighted by atomic mass is 79.9. The normalized spacial score (nSPS) is 20.7. The lowest BCUT2D eigenvalue weighted by Gasteiger charge is -2.33. The molecule has 1 aliphatic rings. The number of ether oxygens (including phenoxy) is 1. The first-order chi connectivity index (χ1) is 6.71. The van der Waals surface area contributed by atoms with Gasteiger partial charge >= 0.3 is 0 Å². The minimum atomic E-state index is -0.182. The van der Waals surface area contributed by atoms with E-state index in [-0.39, 0.29) is 5.54 Å². The third-order valence-corrected chi connectivity index (χ3v) is 3.33. The predicted octanol–water partition coefficient (Wildman–Crippen LogP) is 2.41. The molecular weight excluding hydrogens is 242 g/mol. The molecule has 1 aliphatic heterocycles. The fourth-order valence-corrected chi connectivity index (χ4v) is 2.07. The van der Waals surface area contributed by atoms with Gasteiger partial charge in [0, 0.05) is 23.2 Å². The summed E-state index contributed by atoms with van der Waals surface area (Å²) in [5.74, 6) is 0. The molecule has 0 saturated carbocycles. The standard InChI is InChI=1S/C11H14BrNO/c12-10-3-1-9(2-4-10)11(13)5-7-14-8-6-11/h1-4H,5-8,13H2. The highest BCUT2D eigenvalue weighted by molar-refractivity contribution is 9.10. The molecule has 3 heteroatoms. The quantitative estimate of drug-likeness (QED) is 0.837. The number of rotatable bonds is 1. The number of halogens is 1. The Morgan fingerprint density at radius 2 is 1.71 bits per heavy atom. The highest BCUT2D eigenvalue weighted by Gasteiger charge is 2.29. The van der Waals surface area contributed by atoms with E-state index in [0.29, 0.717) is 0 Å². The van der Waals surface area contributed by atoms with Crippen LogP contribution in [0.3, 0.4) is 0 Å². The SMILES string of the molecule is NC1(c2ccc(Br)cc2)CCOCC1. The van der Waals surface area contributed by atoms with Gasteiger partial charge in [0.25, 0.3) is 0 Å². The zero-order valence-electron chi connectivity index (χ0n) is 8.00. The summed E-state index contributed by atoms with van der Waals surface area (Å²) in [6, 6.07) is 8.27.